The highest BCUT2D eigenvalue weighted by atomic mass is 31.2. The highest BCUT2D eigenvalue weighted by Crippen LogP contribution is 2.38. The van der Waals surface area contributed by atoms with Gasteiger partial charge in [-0.2, -0.15) is 0 Å². The van der Waals surface area contributed by atoms with Crippen molar-refractivity contribution in [2.75, 3.05) is 40.9 Å². The Bertz CT molecular complexity index is 984. The molecule has 0 saturated carbocycles. The van der Waals surface area contributed by atoms with E-state index < -0.39 is 20.0 Å². The summed E-state index contributed by atoms with van der Waals surface area (Å²) in [5.74, 6) is -0.204. The maximum atomic E-state index is 12.9. The quantitative estimate of drug-likeness (QED) is 0.0274. The van der Waals surface area contributed by atoms with E-state index in [2.05, 4.69) is 31.3 Å². The minimum absolute atomic E-state index is 0.00133. The van der Waals surface area contributed by atoms with Crippen molar-refractivity contribution in [2.24, 2.45) is 0 Å². The zero-order chi connectivity index (χ0) is 42.1. The second-order valence-corrected chi connectivity index (χ2v) is 19.2. The molecule has 0 heterocycles. The summed E-state index contributed by atoms with van der Waals surface area (Å²) in [5, 5.41) is 13.8. The highest BCUT2D eigenvalue weighted by Gasteiger charge is 2.23. The molecule has 0 aliphatic rings. The van der Waals surface area contributed by atoms with Crippen LogP contribution in [-0.4, -0.2) is 68.5 Å². The average Bonchev–Trinajstić information content (AvgIpc) is 3.16. The molecule has 0 fully saturated rings. The third-order valence-corrected chi connectivity index (χ3v) is 11.9. The zero-order valence-corrected chi connectivity index (χ0v) is 39.2. The van der Waals surface area contributed by atoms with Gasteiger partial charge in [0.05, 0.1) is 39.9 Å². The van der Waals surface area contributed by atoms with Gasteiger partial charge in [-0.15, -0.1) is 0 Å². The summed E-state index contributed by atoms with van der Waals surface area (Å²) in [6.07, 6.45) is 47.9. The Kier molecular flexibility index (Phi) is 39.7. The van der Waals surface area contributed by atoms with E-state index >= 15 is 0 Å². The standard InChI is InChI=1S/C48H95N2O6P/c1-6-8-10-12-14-16-18-20-22-24-26-28-30-32-34-36-38-40-42-48(52)49-46(45-56-57(53,54)55-44-43-50(3,4)5)47(51)41-39-37-35-33-31-29-27-25-23-21-19-17-15-13-11-9-7-2/h26,28,39,41,46-47,51H,6-25,27,29-38,40,42-45H2,1-5H3,(H-,49,52,53,54)/b28-26-,41-39+. The van der Waals surface area contributed by atoms with E-state index in [4.69, 9.17) is 9.05 Å². The molecule has 1 amide bonds. The molecular weight excluding hydrogens is 732 g/mol. The number of aliphatic hydroxyl groups excluding tert-OH is 1. The van der Waals surface area contributed by atoms with Crippen LogP contribution in [0.4, 0.5) is 0 Å². The van der Waals surface area contributed by atoms with Crippen molar-refractivity contribution in [3.8, 4) is 0 Å². The number of hydrogen-bond acceptors (Lipinski definition) is 6. The lowest BCUT2D eigenvalue weighted by molar-refractivity contribution is -0.870. The number of carbonyl (C=O) groups is 1. The van der Waals surface area contributed by atoms with Gasteiger partial charge in [0, 0.05) is 6.42 Å². The van der Waals surface area contributed by atoms with Crippen LogP contribution in [0.2, 0.25) is 0 Å². The van der Waals surface area contributed by atoms with E-state index in [1.807, 2.05) is 27.2 Å². The minimum Gasteiger partial charge on any atom is -0.756 e. The molecule has 338 valence electrons. The van der Waals surface area contributed by atoms with Crippen LogP contribution in [0.5, 0.6) is 0 Å². The molecule has 0 bridgehead atoms. The maximum absolute atomic E-state index is 12.9. The summed E-state index contributed by atoms with van der Waals surface area (Å²) >= 11 is 0. The molecule has 0 aromatic carbocycles. The van der Waals surface area contributed by atoms with Gasteiger partial charge in [-0.05, 0) is 44.9 Å². The van der Waals surface area contributed by atoms with Crippen LogP contribution < -0.4 is 10.2 Å². The molecule has 0 aromatic heterocycles. The fraction of sp³-hybridized carbons (Fsp3) is 0.896. The Morgan fingerprint density at radius 2 is 0.965 bits per heavy atom. The third-order valence-electron chi connectivity index (χ3n) is 10.9. The molecule has 3 unspecified atom stereocenters. The van der Waals surface area contributed by atoms with Crippen molar-refractivity contribution in [1.29, 1.82) is 0 Å². The number of allylic oxidation sites excluding steroid dienone is 3. The highest BCUT2D eigenvalue weighted by molar-refractivity contribution is 7.45. The molecule has 0 aromatic rings. The van der Waals surface area contributed by atoms with E-state index in [-0.39, 0.29) is 19.1 Å². The SMILES string of the molecule is CCCCCCCCCCC/C=C\CCCCCCCC(=O)NC(COP(=O)([O-])OCC[N+](C)(C)C)C(O)/C=C/CCCCCCCCCCCCCCCCC. The lowest BCUT2D eigenvalue weighted by Crippen LogP contribution is -2.45. The fourth-order valence-corrected chi connectivity index (χ4v) is 7.75. The van der Waals surface area contributed by atoms with Crippen LogP contribution in [0.25, 0.3) is 0 Å². The molecule has 3 atom stereocenters. The molecule has 0 aliphatic carbocycles. The van der Waals surface area contributed by atoms with Gasteiger partial charge in [-0.25, -0.2) is 0 Å². The van der Waals surface area contributed by atoms with E-state index in [1.165, 1.54) is 154 Å². The molecule has 0 rings (SSSR count). The Morgan fingerprint density at radius 3 is 1.37 bits per heavy atom. The monoisotopic (exact) mass is 827 g/mol. The Hall–Kier alpha value is -1.02. The second kappa shape index (κ2) is 40.4. The zero-order valence-electron chi connectivity index (χ0n) is 38.3. The number of carbonyl (C=O) groups excluding carboxylic acids is 1. The van der Waals surface area contributed by atoms with Gasteiger partial charge in [-0.3, -0.25) is 9.36 Å². The van der Waals surface area contributed by atoms with Crippen LogP contribution in [0.3, 0.4) is 0 Å². The average molecular weight is 827 g/mol. The fourth-order valence-electron chi connectivity index (χ4n) is 7.03. The number of phosphoric acid groups is 1. The third kappa shape index (κ3) is 42.9. The van der Waals surface area contributed by atoms with Crippen molar-refractivity contribution in [3.05, 3.63) is 24.3 Å². The molecule has 2 N–H and O–H groups in total. The molecule has 57 heavy (non-hydrogen) atoms. The van der Waals surface area contributed by atoms with E-state index in [0.717, 1.165) is 51.4 Å². The summed E-state index contributed by atoms with van der Waals surface area (Å²) in [6.45, 7) is 4.66. The van der Waals surface area contributed by atoms with Gasteiger partial charge in [0.2, 0.25) is 5.91 Å². The molecule has 0 saturated heterocycles. The first-order chi connectivity index (χ1) is 27.5. The van der Waals surface area contributed by atoms with E-state index in [1.54, 1.807) is 6.08 Å². The number of phosphoric ester groups is 1. The van der Waals surface area contributed by atoms with Crippen molar-refractivity contribution >= 4 is 13.7 Å². The molecule has 0 radical (unpaired) electrons. The Morgan fingerprint density at radius 1 is 0.596 bits per heavy atom. The minimum atomic E-state index is -4.59. The summed E-state index contributed by atoms with van der Waals surface area (Å²) < 4.78 is 23.2. The molecule has 9 heteroatoms. The smallest absolute Gasteiger partial charge is 0.268 e. The largest absolute Gasteiger partial charge is 0.756 e. The molecular formula is C48H95N2O6P. The van der Waals surface area contributed by atoms with Crippen LogP contribution in [0.1, 0.15) is 226 Å². The van der Waals surface area contributed by atoms with Crippen molar-refractivity contribution in [1.82, 2.24) is 5.32 Å². The van der Waals surface area contributed by atoms with Gasteiger partial charge in [-0.1, -0.05) is 199 Å². The maximum Gasteiger partial charge on any atom is 0.268 e. The van der Waals surface area contributed by atoms with Crippen LogP contribution in [0, 0.1) is 0 Å². The number of nitrogens with zero attached hydrogens (tertiary/aromatic N) is 1. The summed E-state index contributed by atoms with van der Waals surface area (Å²) in [4.78, 5) is 25.3. The first kappa shape index (κ1) is 56.0. The van der Waals surface area contributed by atoms with Gasteiger partial charge in [0.15, 0.2) is 0 Å². The van der Waals surface area contributed by atoms with E-state index in [0.29, 0.717) is 17.4 Å². The lowest BCUT2D eigenvalue weighted by atomic mass is 10.0. The van der Waals surface area contributed by atoms with Gasteiger partial charge in [0.1, 0.15) is 13.2 Å². The van der Waals surface area contributed by atoms with Crippen molar-refractivity contribution < 1.29 is 32.9 Å². The predicted molar refractivity (Wildman–Crippen MR) is 242 cm³/mol. The number of rotatable bonds is 44. The summed E-state index contributed by atoms with van der Waals surface area (Å²) in [5.41, 5.74) is 0. The van der Waals surface area contributed by atoms with Crippen LogP contribution in [0.15, 0.2) is 24.3 Å². The van der Waals surface area contributed by atoms with Gasteiger partial charge < -0.3 is 28.8 Å². The molecule has 8 nitrogen and oxygen atoms in total. The molecule has 0 spiro atoms. The van der Waals surface area contributed by atoms with E-state index in [9.17, 15) is 19.4 Å². The van der Waals surface area contributed by atoms with Gasteiger partial charge >= 0.3 is 0 Å². The Labute approximate surface area is 354 Å². The number of hydrogen-bond donors (Lipinski definition) is 2. The Balaban J connectivity index is 4.37. The van der Waals surface area contributed by atoms with Crippen LogP contribution >= 0.6 is 7.82 Å². The number of quaternary nitrogens is 1. The van der Waals surface area contributed by atoms with Gasteiger partial charge in [0.25, 0.3) is 7.82 Å². The van der Waals surface area contributed by atoms with Crippen LogP contribution in [-0.2, 0) is 18.4 Å². The number of aliphatic hydroxyl groups is 1. The predicted octanol–water partition coefficient (Wildman–Crippen LogP) is 13.1. The number of nitrogens with one attached hydrogen (secondary N) is 1. The first-order valence-corrected chi connectivity index (χ1v) is 25.7. The van der Waals surface area contributed by atoms with Crippen molar-refractivity contribution in [3.63, 3.8) is 0 Å². The number of likely N-dealkylation sites (N-methyl/N-ethyl adjacent to an activating group) is 1. The summed E-state index contributed by atoms with van der Waals surface area (Å²) in [7, 11) is 1.26. The molecule has 0 aliphatic heterocycles. The second-order valence-electron chi connectivity index (χ2n) is 17.8. The first-order valence-electron chi connectivity index (χ1n) is 24.2. The number of unbranched alkanes of at least 4 members (excludes halogenated alkanes) is 29. The lowest BCUT2D eigenvalue weighted by Gasteiger charge is -2.29. The normalized spacial score (nSPS) is 14.4. The number of amides is 1. The van der Waals surface area contributed by atoms with Crippen molar-refractivity contribution in [2.45, 2.75) is 238 Å². The summed E-state index contributed by atoms with van der Waals surface area (Å²) in [6, 6.07) is -0.888. The topological polar surface area (TPSA) is 108 Å².